The molecular formula is C20H26F2N4O4. The topological polar surface area (TPSA) is 110 Å². The van der Waals surface area contributed by atoms with Crippen LogP contribution in [0.2, 0.25) is 0 Å². The highest BCUT2D eigenvalue weighted by molar-refractivity contribution is 5.77. The Morgan fingerprint density at radius 2 is 2.03 bits per heavy atom. The van der Waals surface area contributed by atoms with Gasteiger partial charge in [-0.1, -0.05) is 0 Å². The fourth-order valence-electron chi connectivity index (χ4n) is 4.57. The van der Waals surface area contributed by atoms with E-state index in [9.17, 15) is 23.8 Å². The van der Waals surface area contributed by atoms with Crippen LogP contribution >= 0.6 is 0 Å². The molecule has 0 bridgehead atoms. The van der Waals surface area contributed by atoms with E-state index in [-0.39, 0.29) is 17.8 Å². The highest BCUT2D eigenvalue weighted by atomic mass is 19.3. The normalized spacial score (nSPS) is 29.5. The van der Waals surface area contributed by atoms with Crippen molar-refractivity contribution in [3.05, 3.63) is 22.6 Å². The van der Waals surface area contributed by atoms with E-state index in [0.717, 1.165) is 12.8 Å². The Balaban J connectivity index is 1.77. The number of aliphatic hydroxyl groups is 2. The maximum atomic E-state index is 13.0. The van der Waals surface area contributed by atoms with Crippen molar-refractivity contribution in [3.63, 3.8) is 0 Å². The lowest BCUT2D eigenvalue weighted by Crippen LogP contribution is -2.38. The van der Waals surface area contributed by atoms with Crippen molar-refractivity contribution in [2.24, 2.45) is 0 Å². The first-order valence-corrected chi connectivity index (χ1v) is 10.3. The molecule has 0 radical (unpaired) electrons. The fourth-order valence-corrected chi connectivity index (χ4v) is 4.57. The number of alkyl halides is 2. The predicted octanol–water partition coefficient (Wildman–Crippen LogP) is 2.58. The third-order valence-electron chi connectivity index (χ3n) is 6.18. The van der Waals surface area contributed by atoms with E-state index >= 15 is 0 Å². The average molecular weight is 424 g/mol. The second-order valence-electron chi connectivity index (χ2n) is 8.45. The van der Waals surface area contributed by atoms with Gasteiger partial charge in [0.1, 0.15) is 5.65 Å². The number of nitrogens with one attached hydrogen (secondary N) is 1. The van der Waals surface area contributed by atoms with E-state index < -0.39 is 29.6 Å². The zero-order chi connectivity index (χ0) is 21.5. The second kappa shape index (κ2) is 8.07. The van der Waals surface area contributed by atoms with Crippen LogP contribution in [-0.2, 0) is 0 Å². The summed E-state index contributed by atoms with van der Waals surface area (Å²) in [4.78, 5) is 21.8. The third kappa shape index (κ3) is 4.11. The van der Waals surface area contributed by atoms with E-state index in [2.05, 4.69) is 20.0 Å². The Hall–Kier alpha value is -2.33. The molecule has 4 rings (SSSR count). The molecule has 2 aromatic heterocycles. The van der Waals surface area contributed by atoms with Gasteiger partial charge in [-0.25, -0.2) is 4.98 Å². The molecule has 0 amide bonds. The van der Waals surface area contributed by atoms with E-state index in [1.807, 2.05) is 0 Å². The number of nitrogens with zero attached hydrogens (tertiary/aromatic N) is 3. The predicted molar refractivity (Wildman–Crippen MR) is 106 cm³/mol. The molecule has 0 spiro atoms. The Labute approximate surface area is 171 Å². The van der Waals surface area contributed by atoms with Crippen molar-refractivity contribution < 1.29 is 23.7 Å². The molecule has 30 heavy (non-hydrogen) atoms. The largest absolute Gasteiger partial charge is 0.429 e. The zero-order valence-electron chi connectivity index (χ0n) is 16.7. The monoisotopic (exact) mass is 424 g/mol. The van der Waals surface area contributed by atoms with Crippen molar-refractivity contribution in [1.29, 1.82) is 0 Å². The maximum absolute atomic E-state index is 13.0. The summed E-state index contributed by atoms with van der Waals surface area (Å²) in [5.41, 5.74) is -1.65. The number of halogens is 2. The minimum Gasteiger partial charge on any atom is -0.429 e. The second-order valence-corrected chi connectivity index (χ2v) is 8.45. The summed E-state index contributed by atoms with van der Waals surface area (Å²) in [6.45, 7) is -1.51. The summed E-state index contributed by atoms with van der Waals surface area (Å²) in [6.07, 6.45) is 5.81. The summed E-state index contributed by atoms with van der Waals surface area (Å²) in [5, 5.41) is 24.1. The lowest BCUT2D eigenvalue weighted by molar-refractivity contribution is -0.0513. The molecule has 0 aliphatic heterocycles. The summed E-state index contributed by atoms with van der Waals surface area (Å²) in [6, 6.07) is 0.702. The van der Waals surface area contributed by atoms with Gasteiger partial charge in [0.25, 0.3) is 5.56 Å². The van der Waals surface area contributed by atoms with Gasteiger partial charge >= 0.3 is 6.61 Å². The van der Waals surface area contributed by atoms with Gasteiger partial charge in [-0.3, -0.25) is 9.36 Å². The summed E-state index contributed by atoms with van der Waals surface area (Å²) < 4.78 is 31.4. The molecule has 3 N–H and O–H groups in total. The number of ether oxygens (including phenoxy) is 1. The SMILES string of the molecule is C[C@@]1(O)CCC[C@H]1n1c(=O)c(OC(F)F)cc2cnc(N[C@H]3CC[C@H](O)CC3)nc21. The molecule has 2 atom stereocenters. The van der Waals surface area contributed by atoms with Crippen molar-refractivity contribution in [3.8, 4) is 5.75 Å². The van der Waals surface area contributed by atoms with Gasteiger partial charge in [0.05, 0.1) is 17.7 Å². The van der Waals surface area contributed by atoms with Crippen LogP contribution in [0.3, 0.4) is 0 Å². The number of pyridine rings is 1. The molecular weight excluding hydrogens is 398 g/mol. The summed E-state index contributed by atoms with van der Waals surface area (Å²) in [7, 11) is 0. The first kappa shape index (κ1) is 20.9. The minimum absolute atomic E-state index is 0.0991. The minimum atomic E-state index is -3.14. The number of aromatic nitrogens is 3. The van der Waals surface area contributed by atoms with E-state index in [1.165, 1.54) is 16.8 Å². The van der Waals surface area contributed by atoms with E-state index in [0.29, 0.717) is 43.4 Å². The maximum Gasteiger partial charge on any atom is 0.387 e. The lowest BCUT2D eigenvalue weighted by atomic mass is 9.93. The van der Waals surface area contributed by atoms with Crippen LogP contribution in [0.15, 0.2) is 17.1 Å². The number of rotatable bonds is 5. The standard InChI is InChI=1S/C20H26F2N4O4/c1-20(29)8-2-3-15(20)26-16-11(9-14(17(26)28)30-18(21)22)10-23-19(25-16)24-12-4-6-13(27)7-5-12/h9-10,12-13,15,18,27,29H,2-8H2,1H3,(H,23,24,25)/t12-,13-,15-,20-/m1/s1. The average Bonchev–Trinajstić information content (AvgIpc) is 3.03. The van der Waals surface area contributed by atoms with Crippen molar-refractivity contribution in [2.75, 3.05) is 5.32 Å². The van der Waals surface area contributed by atoms with Gasteiger partial charge < -0.3 is 20.3 Å². The molecule has 0 aromatic carbocycles. The van der Waals surface area contributed by atoms with Crippen LogP contribution in [0.25, 0.3) is 11.0 Å². The summed E-state index contributed by atoms with van der Waals surface area (Å²) in [5.74, 6) is -0.178. The van der Waals surface area contributed by atoms with Crippen LogP contribution in [-0.4, -0.2) is 49.1 Å². The first-order chi connectivity index (χ1) is 14.2. The molecule has 2 saturated carbocycles. The van der Waals surface area contributed by atoms with Gasteiger partial charge in [-0.15, -0.1) is 0 Å². The molecule has 8 nitrogen and oxygen atoms in total. The van der Waals surface area contributed by atoms with Gasteiger partial charge in [0.2, 0.25) is 5.95 Å². The Bertz CT molecular complexity index is 973. The van der Waals surface area contributed by atoms with Crippen molar-refractivity contribution in [2.45, 2.75) is 82.3 Å². The zero-order valence-corrected chi connectivity index (χ0v) is 16.7. The molecule has 0 saturated heterocycles. The van der Waals surface area contributed by atoms with Crippen LogP contribution < -0.4 is 15.6 Å². The molecule has 0 unspecified atom stereocenters. The van der Waals surface area contributed by atoms with Crippen LogP contribution in [0.1, 0.15) is 57.9 Å². The Morgan fingerprint density at radius 3 is 2.67 bits per heavy atom. The summed E-state index contributed by atoms with van der Waals surface area (Å²) >= 11 is 0. The van der Waals surface area contributed by atoms with Gasteiger partial charge in [-0.2, -0.15) is 13.8 Å². The first-order valence-electron chi connectivity index (χ1n) is 10.3. The molecule has 2 aliphatic rings. The number of aliphatic hydroxyl groups excluding tert-OH is 1. The highest BCUT2D eigenvalue weighted by Gasteiger charge is 2.40. The highest BCUT2D eigenvalue weighted by Crippen LogP contribution is 2.40. The van der Waals surface area contributed by atoms with Gasteiger partial charge in [0, 0.05) is 17.6 Å². The third-order valence-corrected chi connectivity index (χ3v) is 6.18. The van der Waals surface area contributed by atoms with Crippen molar-refractivity contribution >= 4 is 17.0 Å². The van der Waals surface area contributed by atoms with Crippen LogP contribution in [0.4, 0.5) is 14.7 Å². The quantitative estimate of drug-likeness (QED) is 0.677. The number of anilines is 1. The molecule has 10 heteroatoms. The number of hydrogen-bond acceptors (Lipinski definition) is 7. The molecule has 2 aliphatic carbocycles. The Kier molecular flexibility index (Phi) is 5.63. The molecule has 2 heterocycles. The van der Waals surface area contributed by atoms with Crippen molar-refractivity contribution in [1.82, 2.24) is 14.5 Å². The Morgan fingerprint density at radius 1 is 1.30 bits per heavy atom. The van der Waals surface area contributed by atoms with Crippen LogP contribution in [0.5, 0.6) is 5.75 Å². The molecule has 2 aromatic rings. The molecule has 2 fully saturated rings. The van der Waals surface area contributed by atoms with Gasteiger partial charge in [-0.05, 0) is 57.9 Å². The lowest BCUT2D eigenvalue weighted by Gasteiger charge is -2.29. The van der Waals surface area contributed by atoms with Gasteiger partial charge in [0.15, 0.2) is 5.75 Å². The van der Waals surface area contributed by atoms with Crippen LogP contribution in [0, 0.1) is 0 Å². The number of fused-ring (bicyclic) bond motifs is 1. The van der Waals surface area contributed by atoms with E-state index in [1.54, 1.807) is 6.92 Å². The van der Waals surface area contributed by atoms with E-state index in [4.69, 9.17) is 0 Å². The fraction of sp³-hybridized carbons (Fsp3) is 0.650. The smallest absolute Gasteiger partial charge is 0.387 e. The number of hydrogen-bond donors (Lipinski definition) is 3. The molecule has 164 valence electrons.